The first-order valence-corrected chi connectivity index (χ1v) is 6.11. The second-order valence-corrected chi connectivity index (χ2v) is 4.43. The molecule has 19 heavy (non-hydrogen) atoms. The molecule has 3 rings (SSSR count). The molecule has 0 N–H and O–H groups in total. The predicted octanol–water partition coefficient (Wildman–Crippen LogP) is 2.79. The van der Waals surface area contributed by atoms with Crippen LogP contribution in [0, 0.1) is 11.6 Å². The van der Waals surface area contributed by atoms with E-state index < -0.39 is 11.6 Å². The molecule has 4 nitrogen and oxygen atoms in total. The largest absolute Gasteiger partial charge is 0.368 e. The van der Waals surface area contributed by atoms with E-state index in [4.69, 9.17) is 9.26 Å². The Morgan fingerprint density at radius 2 is 2.05 bits per heavy atom. The minimum Gasteiger partial charge on any atom is -0.368 e. The molecule has 0 saturated carbocycles. The van der Waals surface area contributed by atoms with Crippen molar-refractivity contribution in [3.8, 4) is 0 Å². The van der Waals surface area contributed by atoms with Gasteiger partial charge >= 0.3 is 0 Å². The molecule has 6 heteroatoms. The zero-order chi connectivity index (χ0) is 13.2. The molecule has 1 saturated heterocycles. The summed E-state index contributed by atoms with van der Waals surface area (Å²) in [5.74, 6) is -0.578. The number of benzene rings is 1. The van der Waals surface area contributed by atoms with E-state index in [1.807, 2.05) is 0 Å². The first-order valence-electron chi connectivity index (χ1n) is 6.11. The maximum atomic E-state index is 13.5. The minimum absolute atomic E-state index is 0.0330. The third-order valence-electron chi connectivity index (χ3n) is 3.09. The van der Waals surface area contributed by atoms with Crippen molar-refractivity contribution in [3.05, 3.63) is 47.1 Å². The Morgan fingerprint density at radius 3 is 2.74 bits per heavy atom. The molecule has 1 atom stereocenters. The van der Waals surface area contributed by atoms with E-state index in [9.17, 15) is 8.78 Å². The van der Waals surface area contributed by atoms with Crippen LogP contribution in [0.3, 0.4) is 0 Å². The molecule has 1 aliphatic heterocycles. The van der Waals surface area contributed by atoms with Gasteiger partial charge in [0.15, 0.2) is 5.82 Å². The monoisotopic (exact) mass is 266 g/mol. The molecule has 1 fully saturated rings. The fourth-order valence-corrected chi connectivity index (χ4v) is 2.10. The molecule has 0 spiro atoms. The number of aromatic nitrogens is 2. The van der Waals surface area contributed by atoms with Crippen molar-refractivity contribution in [2.45, 2.75) is 25.4 Å². The van der Waals surface area contributed by atoms with Gasteiger partial charge < -0.3 is 9.26 Å². The van der Waals surface area contributed by atoms with E-state index in [2.05, 4.69) is 10.1 Å². The van der Waals surface area contributed by atoms with Crippen molar-refractivity contribution >= 4 is 0 Å². The molecule has 2 aromatic rings. The normalized spacial score (nSPS) is 18.9. The van der Waals surface area contributed by atoms with Crippen molar-refractivity contribution in [1.29, 1.82) is 0 Å². The van der Waals surface area contributed by atoms with Gasteiger partial charge in [0.05, 0.1) is 0 Å². The summed E-state index contributed by atoms with van der Waals surface area (Å²) in [4.78, 5) is 4.13. The van der Waals surface area contributed by atoms with Gasteiger partial charge in [-0.1, -0.05) is 11.2 Å². The van der Waals surface area contributed by atoms with E-state index in [-0.39, 0.29) is 23.9 Å². The molecule has 0 aliphatic carbocycles. The second kappa shape index (κ2) is 5.05. The van der Waals surface area contributed by atoms with E-state index >= 15 is 0 Å². The molecule has 100 valence electrons. The van der Waals surface area contributed by atoms with E-state index in [1.165, 1.54) is 18.2 Å². The lowest BCUT2D eigenvalue weighted by atomic mass is 10.1. The van der Waals surface area contributed by atoms with Crippen LogP contribution in [0.2, 0.25) is 0 Å². The molecule has 0 bridgehead atoms. The van der Waals surface area contributed by atoms with Crippen LogP contribution < -0.4 is 0 Å². The Kier molecular flexibility index (Phi) is 3.25. The average molecular weight is 266 g/mol. The van der Waals surface area contributed by atoms with Gasteiger partial charge in [0.25, 0.3) is 5.89 Å². The molecular weight excluding hydrogens is 254 g/mol. The molecule has 2 heterocycles. The van der Waals surface area contributed by atoms with Crippen LogP contribution in [0.1, 0.15) is 36.2 Å². The molecule has 1 aromatic carbocycles. The van der Waals surface area contributed by atoms with Crippen LogP contribution in [-0.4, -0.2) is 16.7 Å². The lowest BCUT2D eigenvalue weighted by Gasteiger charge is -2.01. The third kappa shape index (κ3) is 2.49. The first kappa shape index (κ1) is 12.2. The Hall–Kier alpha value is -1.82. The number of nitrogens with zero attached hydrogens (tertiary/aromatic N) is 2. The standard InChI is InChI=1S/C13H12F2N2O2/c14-9-3-1-4-10(15)8(9)7-12-16-13(19-17-12)11-5-2-6-18-11/h1,3-4,11H,2,5-7H2/t11-/m0/s1. The highest BCUT2D eigenvalue weighted by molar-refractivity contribution is 5.22. The Balaban J connectivity index is 1.80. The van der Waals surface area contributed by atoms with Crippen molar-refractivity contribution in [2.24, 2.45) is 0 Å². The summed E-state index contributed by atoms with van der Waals surface area (Å²) in [6.45, 7) is 0.671. The fraction of sp³-hybridized carbons (Fsp3) is 0.385. The molecule has 1 aliphatic rings. The van der Waals surface area contributed by atoms with Crippen LogP contribution in [0.5, 0.6) is 0 Å². The summed E-state index contributed by atoms with van der Waals surface area (Å²) in [6, 6.07) is 3.74. The van der Waals surface area contributed by atoms with Crippen molar-refractivity contribution in [3.63, 3.8) is 0 Å². The Labute approximate surface area is 108 Å². The number of hydrogen-bond acceptors (Lipinski definition) is 4. The topological polar surface area (TPSA) is 48.2 Å². The number of rotatable bonds is 3. The van der Waals surface area contributed by atoms with Gasteiger partial charge in [-0.3, -0.25) is 0 Å². The van der Waals surface area contributed by atoms with Gasteiger partial charge in [-0.2, -0.15) is 4.98 Å². The van der Waals surface area contributed by atoms with Crippen molar-refractivity contribution in [1.82, 2.24) is 10.1 Å². The first-order chi connectivity index (χ1) is 9.24. The zero-order valence-corrected chi connectivity index (χ0v) is 10.1. The van der Waals surface area contributed by atoms with Gasteiger partial charge in [-0.25, -0.2) is 8.78 Å². The molecule has 0 amide bonds. The summed E-state index contributed by atoms with van der Waals surface area (Å²) >= 11 is 0. The summed E-state index contributed by atoms with van der Waals surface area (Å²) in [5.41, 5.74) is -0.0535. The highest BCUT2D eigenvalue weighted by Crippen LogP contribution is 2.27. The van der Waals surface area contributed by atoms with Crippen LogP contribution in [0.25, 0.3) is 0 Å². The quantitative estimate of drug-likeness (QED) is 0.857. The van der Waals surface area contributed by atoms with Gasteiger partial charge in [-0.05, 0) is 25.0 Å². The molecule has 1 aromatic heterocycles. The number of halogens is 2. The highest BCUT2D eigenvalue weighted by Gasteiger charge is 2.24. The fourth-order valence-electron chi connectivity index (χ4n) is 2.10. The van der Waals surface area contributed by atoms with Gasteiger partial charge in [0, 0.05) is 18.6 Å². The minimum atomic E-state index is -0.608. The summed E-state index contributed by atoms with van der Waals surface area (Å²) < 4.78 is 37.5. The second-order valence-electron chi connectivity index (χ2n) is 4.43. The van der Waals surface area contributed by atoms with Gasteiger partial charge in [-0.15, -0.1) is 0 Å². The van der Waals surface area contributed by atoms with Crippen LogP contribution in [0.4, 0.5) is 8.78 Å². The van der Waals surface area contributed by atoms with Crippen LogP contribution in [0.15, 0.2) is 22.7 Å². The summed E-state index contributed by atoms with van der Waals surface area (Å²) in [6.07, 6.45) is 1.56. The van der Waals surface area contributed by atoms with Crippen molar-refractivity contribution < 1.29 is 18.0 Å². The van der Waals surface area contributed by atoms with E-state index in [0.29, 0.717) is 12.5 Å². The molecule has 0 radical (unpaired) electrons. The Morgan fingerprint density at radius 1 is 1.26 bits per heavy atom. The summed E-state index contributed by atoms with van der Waals surface area (Å²) in [7, 11) is 0. The molecular formula is C13H12F2N2O2. The molecule has 0 unspecified atom stereocenters. The van der Waals surface area contributed by atoms with Crippen LogP contribution >= 0.6 is 0 Å². The Bertz CT molecular complexity index is 560. The van der Waals surface area contributed by atoms with Gasteiger partial charge in [0.1, 0.15) is 17.7 Å². The maximum absolute atomic E-state index is 13.5. The van der Waals surface area contributed by atoms with Gasteiger partial charge in [0.2, 0.25) is 0 Å². The number of ether oxygens (including phenoxy) is 1. The van der Waals surface area contributed by atoms with E-state index in [0.717, 1.165) is 12.8 Å². The highest BCUT2D eigenvalue weighted by atomic mass is 19.1. The predicted molar refractivity (Wildman–Crippen MR) is 61.4 cm³/mol. The SMILES string of the molecule is Fc1cccc(F)c1Cc1noc([C@@H]2CCCO2)n1. The lowest BCUT2D eigenvalue weighted by molar-refractivity contribution is 0.0835. The summed E-state index contributed by atoms with van der Waals surface area (Å²) in [5, 5.41) is 3.74. The lowest BCUT2D eigenvalue weighted by Crippen LogP contribution is -2.00. The van der Waals surface area contributed by atoms with Crippen LogP contribution in [-0.2, 0) is 11.2 Å². The zero-order valence-electron chi connectivity index (χ0n) is 10.1. The number of hydrogen-bond donors (Lipinski definition) is 0. The van der Waals surface area contributed by atoms with E-state index in [1.54, 1.807) is 0 Å². The average Bonchev–Trinajstić information content (AvgIpc) is 3.04. The maximum Gasteiger partial charge on any atom is 0.255 e. The smallest absolute Gasteiger partial charge is 0.255 e. The van der Waals surface area contributed by atoms with Crippen molar-refractivity contribution in [2.75, 3.05) is 6.61 Å². The third-order valence-corrected chi connectivity index (χ3v) is 3.09.